The van der Waals surface area contributed by atoms with Gasteiger partial charge in [0.05, 0.1) is 18.4 Å². The Morgan fingerprint density at radius 3 is 2.55 bits per heavy atom. The van der Waals surface area contributed by atoms with Gasteiger partial charge in [0.2, 0.25) is 0 Å². The fourth-order valence-corrected chi connectivity index (χ4v) is 2.15. The van der Waals surface area contributed by atoms with E-state index in [2.05, 4.69) is 15.0 Å². The molecule has 3 N–H and O–H groups in total. The van der Waals surface area contributed by atoms with Crippen LogP contribution in [0.1, 0.15) is 10.4 Å². The molecule has 0 aliphatic rings. The highest BCUT2D eigenvalue weighted by molar-refractivity contribution is 6.35. The van der Waals surface area contributed by atoms with Crippen LogP contribution in [0.2, 0.25) is 10.0 Å². The van der Waals surface area contributed by atoms with E-state index in [1.807, 2.05) is 0 Å². The second-order valence-corrected chi connectivity index (χ2v) is 4.77. The van der Waals surface area contributed by atoms with Gasteiger partial charge in [0, 0.05) is 21.9 Å². The number of carbonyl (C=O) groups excluding carboxylic acids is 1. The van der Waals surface area contributed by atoms with E-state index in [-0.39, 0.29) is 11.3 Å². The Morgan fingerprint density at radius 1 is 1.30 bits per heavy atom. The van der Waals surface area contributed by atoms with Crippen LogP contribution >= 0.6 is 23.2 Å². The minimum atomic E-state index is -0.530. The molecule has 1 aromatic carbocycles. The van der Waals surface area contributed by atoms with Crippen LogP contribution in [0.5, 0.6) is 0 Å². The Balaban J connectivity index is 2.36. The third kappa shape index (κ3) is 3.12. The van der Waals surface area contributed by atoms with Crippen LogP contribution in [0.25, 0.3) is 0 Å². The van der Waals surface area contributed by atoms with E-state index < -0.39 is 5.97 Å². The second-order valence-electron chi connectivity index (χ2n) is 3.90. The molecule has 0 saturated carbocycles. The van der Waals surface area contributed by atoms with Crippen molar-refractivity contribution in [3.63, 3.8) is 0 Å². The van der Waals surface area contributed by atoms with Crippen molar-refractivity contribution in [3.05, 3.63) is 46.1 Å². The Bertz CT molecular complexity index is 642. The molecule has 0 unspecified atom stereocenters. The summed E-state index contributed by atoms with van der Waals surface area (Å²) in [6.45, 7) is 0. The molecule has 20 heavy (non-hydrogen) atoms. The monoisotopic (exact) mass is 311 g/mol. The van der Waals surface area contributed by atoms with Gasteiger partial charge in [0.15, 0.2) is 5.82 Å². The van der Waals surface area contributed by atoms with Crippen LogP contribution in [0, 0.1) is 0 Å². The van der Waals surface area contributed by atoms with E-state index in [0.717, 1.165) is 0 Å². The molecule has 0 bridgehead atoms. The quantitative estimate of drug-likeness (QED) is 0.848. The number of nitrogens with one attached hydrogen (secondary N) is 1. The molecule has 5 nitrogen and oxygen atoms in total. The molecule has 2 aromatic rings. The molecular formula is C13H11Cl2N3O2. The van der Waals surface area contributed by atoms with Crippen LogP contribution < -0.4 is 11.1 Å². The van der Waals surface area contributed by atoms with Crippen LogP contribution in [0.15, 0.2) is 30.5 Å². The van der Waals surface area contributed by atoms with Gasteiger partial charge in [-0.1, -0.05) is 23.2 Å². The van der Waals surface area contributed by atoms with Gasteiger partial charge < -0.3 is 15.8 Å². The highest BCUT2D eigenvalue weighted by atomic mass is 35.5. The zero-order valence-corrected chi connectivity index (χ0v) is 12.0. The standard InChI is InChI=1S/C13H11Cl2N3O2/c1-20-13(19)10-2-3-17-12(11(10)16)18-9-5-7(14)4-8(15)6-9/h2-6H,16H2,1H3,(H,17,18). The number of aromatic nitrogens is 1. The number of hydrogen-bond donors (Lipinski definition) is 2. The van der Waals surface area contributed by atoms with Gasteiger partial charge in [-0.2, -0.15) is 0 Å². The fourth-order valence-electron chi connectivity index (χ4n) is 1.62. The molecule has 104 valence electrons. The molecule has 1 heterocycles. The van der Waals surface area contributed by atoms with E-state index in [1.54, 1.807) is 18.2 Å². The number of pyridine rings is 1. The van der Waals surface area contributed by atoms with Crippen LogP contribution in [0.4, 0.5) is 17.2 Å². The average molecular weight is 312 g/mol. The van der Waals surface area contributed by atoms with Crippen molar-refractivity contribution in [2.24, 2.45) is 0 Å². The first-order valence-electron chi connectivity index (χ1n) is 5.57. The highest BCUT2D eigenvalue weighted by Crippen LogP contribution is 2.28. The molecular weight excluding hydrogens is 301 g/mol. The van der Waals surface area contributed by atoms with Gasteiger partial charge in [-0.3, -0.25) is 0 Å². The van der Waals surface area contributed by atoms with Gasteiger partial charge >= 0.3 is 5.97 Å². The Labute approximate surface area is 125 Å². The zero-order valence-electron chi connectivity index (χ0n) is 10.5. The highest BCUT2D eigenvalue weighted by Gasteiger charge is 2.14. The third-order valence-corrected chi connectivity index (χ3v) is 2.96. The number of nitrogen functional groups attached to an aromatic ring is 1. The molecule has 0 amide bonds. The smallest absolute Gasteiger partial charge is 0.340 e. The van der Waals surface area contributed by atoms with Crippen LogP contribution in [-0.4, -0.2) is 18.1 Å². The predicted octanol–water partition coefficient (Wildman–Crippen LogP) is 3.50. The van der Waals surface area contributed by atoms with Crippen molar-refractivity contribution in [2.75, 3.05) is 18.2 Å². The summed E-state index contributed by atoms with van der Waals surface area (Å²) in [4.78, 5) is 15.6. The summed E-state index contributed by atoms with van der Waals surface area (Å²) in [5.74, 6) is -0.205. The van der Waals surface area contributed by atoms with Crippen molar-refractivity contribution in [2.45, 2.75) is 0 Å². The lowest BCUT2D eigenvalue weighted by molar-refractivity contribution is 0.0602. The maximum Gasteiger partial charge on any atom is 0.340 e. The number of carbonyl (C=O) groups is 1. The number of rotatable bonds is 3. The number of benzene rings is 1. The lowest BCUT2D eigenvalue weighted by Crippen LogP contribution is -2.09. The fraction of sp³-hybridized carbons (Fsp3) is 0.0769. The minimum Gasteiger partial charge on any atom is -0.465 e. The lowest BCUT2D eigenvalue weighted by atomic mass is 10.2. The number of nitrogens with zero attached hydrogens (tertiary/aromatic N) is 1. The van der Waals surface area contributed by atoms with Gasteiger partial charge in [-0.25, -0.2) is 9.78 Å². The zero-order chi connectivity index (χ0) is 14.7. The van der Waals surface area contributed by atoms with Crippen molar-refractivity contribution < 1.29 is 9.53 Å². The summed E-state index contributed by atoms with van der Waals surface area (Å²) in [5.41, 5.74) is 6.93. The molecule has 2 rings (SSSR count). The summed E-state index contributed by atoms with van der Waals surface area (Å²) in [5, 5.41) is 3.91. The van der Waals surface area contributed by atoms with Crippen molar-refractivity contribution in [3.8, 4) is 0 Å². The number of esters is 1. The summed E-state index contributed by atoms with van der Waals surface area (Å²) in [6.07, 6.45) is 1.46. The molecule has 1 aromatic heterocycles. The van der Waals surface area contributed by atoms with Gasteiger partial charge in [0.1, 0.15) is 0 Å². The minimum absolute atomic E-state index is 0.190. The Hall–Kier alpha value is -1.98. The normalized spacial score (nSPS) is 10.2. The third-order valence-electron chi connectivity index (χ3n) is 2.52. The van der Waals surface area contributed by atoms with Gasteiger partial charge in [-0.15, -0.1) is 0 Å². The van der Waals surface area contributed by atoms with E-state index in [9.17, 15) is 4.79 Å². The lowest BCUT2D eigenvalue weighted by Gasteiger charge is -2.11. The summed E-state index contributed by atoms with van der Waals surface area (Å²) < 4.78 is 4.64. The molecule has 0 radical (unpaired) electrons. The average Bonchev–Trinajstić information content (AvgIpc) is 2.39. The number of nitrogens with two attached hydrogens (primary N) is 1. The summed E-state index contributed by atoms with van der Waals surface area (Å²) >= 11 is 11.8. The number of hydrogen-bond acceptors (Lipinski definition) is 5. The number of ether oxygens (including phenoxy) is 1. The van der Waals surface area contributed by atoms with Crippen molar-refractivity contribution >= 4 is 46.4 Å². The van der Waals surface area contributed by atoms with Crippen LogP contribution in [-0.2, 0) is 4.74 Å². The maximum absolute atomic E-state index is 11.5. The first-order chi connectivity index (χ1) is 9.51. The Morgan fingerprint density at radius 2 is 1.95 bits per heavy atom. The second kappa shape index (κ2) is 5.98. The maximum atomic E-state index is 11.5. The van der Waals surface area contributed by atoms with E-state index in [4.69, 9.17) is 28.9 Å². The molecule has 0 aliphatic heterocycles. The number of anilines is 3. The molecule has 0 fully saturated rings. The van der Waals surface area contributed by atoms with Crippen molar-refractivity contribution in [1.29, 1.82) is 0 Å². The predicted molar refractivity (Wildman–Crippen MR) is 79.7 cm³/mol. The SMILES string of the molecule is COC(=O)c1ccnc(Nc2cc(Cl)cc(Cl)c2)c1N. The molecule has 0 spiro atoms. The summed E-state index contributed by atoms with van der Waals surface area (Å²) in [7, 11) is 1.28. The molecule has 7 heteroatoms. The topological polar surface area (TPSA) is 77.2 Å². The van der Waals surface area contributed by atoms with E-state index >= 15 is 0 Å². The Kier molecular flexibility index (Phi) is 4.32. The van der Waals surface area contributed by atoms with Gasteiger partial charge in [0.25, 0.3) is 0 Å². The van der Waals surface area contributed by atoms with Crippen molar-refractivity contribution in [1.82, 2.24) is 4.98 Å². The molecule has 0 saturated heterocycles. The number of methoxy groups -OCH3 is 1. The first kappa shape index (κ1) is 14.4. The first-order valence-corrected chi connectivity index (χ1v) is 6.32. The van der Waals surface area contributed by atoms with Gasteiger partial charge in [-0.05, 0) is 24.3 Å². The van der Waals surface area contributed by atoms with E-state index in [1.165, 1.54) is 19.4 Å². The van der Waals surface area contributed by atoms with E-state index in [0.29, 0.717) is 21.6 Å². The number of halogens is 2. The summed E-state index contributed by atoms with van der Waals surface area (Å²) in [6, 6.07) is 6.42. The largest absolute Gasteiger partial charge is 0.465 e. The molecule has 0 aliphatic carbocycles. The van der Waals surface area contributed by atoms with Crippen LogP contribution in [0.3, 0.4) is 0 Å². The molecule has 0 atom stereocenters.